The maximum absolute atomic E-state index is 13.7. The summed E-state index contributed by atoms with van der Waals surface area (Å²) in [5, 5.41) is 21.4. The third-order valence-corrected chi connectivity index (χ3v) is 6.95. The Bertz CT molecular complexity index is 1500. The Morgan fingerprint density at radius 3 is 2.66 bits per heavy atom. The Morgan fingerprint density at radius 2 is 1.89 bits per heavy atom. The van der Waals surface area contributed by atoms with Crippen molar-refractivity contribution in [2.24, 2.45) is 0 Å². The van der Waals surface area contributed by atoms with Gasteiger partial charge in [0.15, 0.2) is 0 Å². The van der Waals surface area contributed by atoms with E-state index >= 15 is 0 Å². The molecule has 5 rings (SSSR count). The average Bonchev–Trinajstić information content (AvgIpc) is 3.24. The minimum Gasteiger partial charge on any atom is -0.465 e. The van der Waals surface area contributed by atoms with Gasteiger partial charge in [0.1, 0.15) is 6.04 Å². The number of pyridine rings is 1. The largest absolute Gasteiger partial charge is 0.465 e. The first-order chi connectivity index (χ1) is 18.1. The van der Waals surface area contributed by atoms with Gasteiger partial charge in [0.25, 0.3) is 11.8 Å². The van der Waals surface area contributed by atoms with Gasteiger partial charge in [-0.15, -0.1) is 0 Å². The van der Waals surface area contributed by atoms with E-state index in [9.17, 15) is 28.3 Å². The molecule has 0 spiro atoms. The number of hydrogen-bond acceptors (Lipinski definition) is 5. The number of rotatable bonds is 4. The van der Waals surface area contributed by atoms with Crippen molar-refractivity contribution in [2.75, 3.05) is 19.6 Å². The van der Waals surface area contributed by atoms with Crippen LogP contribution in [0.4, 0.5) is 13.6 Å². The van der Waals surface area contributed by atoms with Crippen LogP contribution < -0.4 is 5.32 Å². The van der Waals surface area contributed by atoms with Crippen molar-refractivity contribution in [3.63, 3.8) is 0 Å². The molecular weight excluding hydrogens is 496 g/mol. The highest BCUT2D eigenvalue weighted by molar-refractivity contribution is 6.07. The van der Waals surface area contributed by atoms with Crippen molar-refractivity contribution in [3.05, 3.63) is 65.4 Å². The van der Waals surface area contributed by atoms with Gasteiger partial charge in [0, 0.05) is 31.1 Å². The first kappa shape index (κ1) is 25.1. The summed E-state index contributed by atoms with van der Waals surface area (Å²) in [6.07, 6.45) is 0.402. The number of hydrogen-bond donors (Lipinski definition) is 2. The van der Waals surface area contributed by atoms with E-state index in [1.807, 2.05) is 30.3 Å². The smallest absolute Gasteiger partial charge is 0.407 e. The molecule has 2 aromatic carbocycles. The molecule has 1 saturated heterocycles. The quantitative estimate of drug-likeness (QED) is 0.544. The van der Waals surface area contributed by atoms with Crippen molar-refractivity contribution >= 4 is 28.8 Å². The molecule has 2 N–H and O–H groups in total. The number of halogens is 2. The number of amides is 3. The van der Waals surface area contributed by atoms with Gasteiger partial charge < -0.3 is 20.2 Å². The topological polar surface area (TPSA) is 127 Å². The number of benzene rings is 2. The summed E-state index contributed by atoms with van der Waals surface area (Å²) in [6.45, 7) is -0.619. The second-order valence-corrected chi connectivity index (χ2v) is 9.44. The van der Waals surface area contributed by atoms with E-state index in [1.165, 1.54) is 17.2 Å². The monoisotopic (exact) mass is 519 g/mol. The molecule has 1 atom stereocenters. The lowest BCUT2D eigenvalue weighted by atomic mass is 9.93. The summed E-state index contributed by atoms with van der Waals surface area (Å²) in [5.41, 5.74) is 4.57. The van der Waals surface area contributed by atoms with Gasteiger partial charge in [-0.1, -0.05) is 24.3 Å². The van der Waals surface area contributed by atoms with E-state index in [0.29, 0.717) is 30.4 Å². The number of nitriles is 1. The summed E-state index contributed by atoms with van der Waals surface area (Å²) in [7, 11) is 0. The average molecular weight is 520 g/mol. The summed E-state index contributed by atoms with van der Waals surface area (Å²) >= 11 is 0. The molecule has 3 aromatic rings. The minimum atomic E-state index is -3.13. The number of carboxylic acid groups (broad SMARTS) is 1. The molecular formula is C27H23F2N5O4. The Labute approximate surface area is 216 Å². The second-order valence-electron chi connectivity index (χ2n) is 9.44. The fourth-order valence-corrected chi connectivity index (χ4v) is 4.97. The maximum Gasteiger partial charge on any atom is 0.407 e. The third kappa shape index (κ3) is 4.85. The summed E-state index contributed by atoms with van der Waals surface area (Å²) in [6, 6.07) is 13.3. The standard InChI is InChI=1S/C27H23F2N5O4/c28-27(29)11-20(12-30)34(15-27)24(35)13-32-25(36)21-5-7-31-23-4-3-17(10-22(21)23)16-1-2-19-14-33(26(37)38)8-6-18(19)9-16/h1-5,7,9-10,20H,6,8,11,13-15H2,(H,32,36)(H,37,38). The summed E-state index contributed by atoms with van der Waals surface area (Å²) < 4.78 is 27.4. The number of alkyl halides is 2. The number of aromatic nitrogens is 1. The van der Waals surface area contributed by atoms with Crippen LogP contribution in [0.15, 0.2) is 48.7 Å². The first-order valence-electron chi connectivity index (χ1n) is 12.0. The van der Waals surface area contributed by atoms with Crippen molar-refractivity contribution in [3.8, 4) is 17.2 Å². The van der Waals surface area contributed by atoms with E-state index < -0.39 is 49.4 Å². The number of carbonyl (C=O) groups excluding carboxylic acids is 2. The normalized spacial score (nSPS) is 18.1. The summed E-state index contributed by atoms with van der Waals surface area (Å²) in [5.74, 6) is -4.46. The molecule has 0 bridgehead atoms. The van der Waals surface area contributed by atoms with Crippen molar-refractivity contribution in [1.82, 2.24) is 20.1 Å². The van der Waals surface area contributed by atoms with Gasteiger partial charge in [-0.05, 0) is 46.9 Å². The molecule has 1 aromatic heterocycles. The number of nitrogens with one attached hydrogen (secondary N) is 1. The Morgan fingerprint density at radius 1 is 1.13 bits per heavy atom. The van der Waals surface area contributed by atoms with Gasteiger partial charge in [-0.25, -0.2) is 13.6 Å². The molecule has 0 radical (unpaired) electrons. The molecule has 2 aliphatic heterocycles. The van der Waals surface area contributed by atoms with Crippen LogP contribution in [0.2, 0.25) is 0 Å². The predicted molar refractivity (Wildman–Crippen MR) is 132 cm³/mol. The molecule has 1 fully saturated rings. The highest BCUT2D eigenvalue weighted by Crippen LogP contribution is 2.32. The van der Waals surface area contributed by atoms with Gasteiger partial charge in [-0.3, -0.25) is 14.6 Å². The number of likely N-dealkylation sites (tertiary alicyclic amines) is 1. The molecule has 0 saturated carbocycles. The molecule has 38 heavy (non-hydrogen) atoms. The fraction of sp³-hybridized carbons (Fsp3) is 0.296. The lowest BCUT2D eigenvalue weighted by molar-refractivity contribution is -0.131. The maximum atomic E-state index is 13.7. The number of fused-ring (bicyclic) bond motifs is 2. The first-order valence-corrected chi connectivity index (χ1v) is 12.0. The number of carbonyl (C=O) groups is 3. The van der Waals surface area contributed by atoms with Crippen LogP contribution >= 0.6 is 0 Å². The minimum absolute atomic E-state index is 0.267. The SMILES string of the molecule is N#CC1CC(F)(F)CN1C(=O)CNC(=O)c1ccnc2ccc(-c3ccc4c(c3)CCN(C(=O)O)C4)cc12. The predicted octanol–water partition coefficient (Wildman–Crippen LogP) is 3.43. The van der Waals surface area contributed by atoms with Gasteiger partial charge >= 0.3 is 6.09 Å². The van der Waals surface area contributed by atoms with Gasteiger partial charge in [0.2, 0.25) is 5.91 Å². The van der Waals surface area contributed by atoms with Crippen LogP contribution in [-0.4, -0.2) is 69.4 Å². The van der Waals surface area contributed by atoms with Crippen molar-refractivity contribution in [2.45, 2.75) is 31.4 Å². The zero-order valence-electron chi connectivity index (χ0n) is 20.2. The lowest BCUT2D eigenvalue weighted by Crippen LogP contribution is -2.43. The van der Waals surface area contributed by atoms with E-state index in [-0.39, 0.29) is 5.56 Å². The molecule has 2 aliphatic rings. The van der Waals surface area contributed by atoms with E-state index in [1.54, 1.807) is 12.1 Å². The molecule has 1 unspecified atom stereocenters. The van der Waals surface area contributed by atoms with Crippen LogP contribution in [-0.2, 0) is 17.8 Å². The van der Waals surface area contributed by atoms with Crippen LogP contribution in [0.3, 0.4) is 0 Å². The third-order valence-electron chi connectivity index (χ3n) is 6.95. The van der Waals surface area contributed by atoms with E-state index in [0.717, 1.165) is 27.2 Å². The lowest BCUT2D eigenvalue weighted by Gasteiger charge is -2.26. The molecule has 194 valence electrons. The van der Waals surface area contributed by atoms with Crippen molar-refractivity contribution in [1.29, 1.82) is 5.26 Å². The molecule has 0 aliphatic carbocycles. The summed E-state index contributed by atoms with van der Waals surface area (Å²) in [4.78, 5) is 43.3. The Hall–Kier alpha value is -4.59. The highest BCUT2D eigenvalue weighted by Gasteiger charge is 2.47. The molecule has 3 heterocycles. The molecule has 3 amide bonds. The van der Waals surface area contributed by atoms with Crippen LogP contribution in [0.25, 0.3) is 22.0 Å². The molecule has 11 heteroatoms. The van der Waals surface area contributed by atoms with E-state index in [2.05, 4.69) is 10.3 Å². The second kappa shape index (κ2) is 9.70. The van der Waals surface area contributed by atoms with E-state index in [4.69, 9.17) is 5.26 Å². The van der Waals surface area contributed by atoms with Gasteiger partial charge in [-0.2, -0.15) is 5.26 Å². The van der Waals surface area contributed by atoms with Crippen molar-refractivity contribution < 1.29 is 28.3 Å². The number of nitrogens with zero attached hydrogens (tertiary/aromatic N) is 4. The molecule has 9 nitrogen and oxygen atoms in total. The fourth-order valence-electron chi connectivity index (χ4n) is 4.97. The zero-order valence-corrected chi connectivity index (χ0v) is 20.2. The van der Waals surface area contributed by atoms with Gasteiger partial charge in [0.05, 0.1) is 30.2 Å². The Balaban J connectivity index is 1.36. The van der Waals surface area contributed by atoms with Crippen LogP contribution in [0.5, 0.6) is 0 Å². The zero-order chi connectivity index (χ0) is 27.0. The van der Waals surface area contributed by atoms with Crippen LogP contribution in [0, 0.1) is 11.3 Å². The van der Waals surface area contributed by atoms with Crippen LogP contribution in [0.1, 0.15) is 27.9 Å². The Kier molecular flexibility index (Phi) is 6.40. The highest BCUT2D eigenvalue weighted by atomic mass is 19.3.